The van der Waals surface area contributed by atoms with Crippen LogP contribution in [0.4, 0.5) is 0 Å². The summed E-state index contributed by atoms with van der Waals surface area (Å²) in [5.74, 6) is 0.611. The van der Waals surface area contributed by atoms with Crippen LogP contribution in [0.15, 0.2) is 22.8 Å². The van der Waals surface area contributed by atoms with Gasteiger partial charge >= 0.3 is 0 Å². The lowest BCUT2D eigenvalue weighted by atomic mass is 10.3. The Balaban J connectivity index is 2.27. The van der Waals surface area contributed by atoms with Crippen LogP contribution in [0, 0.1) is 0 Å². The maximum Gasteiger partial charge on any atom is 0.227 e. The SMILES string of the molecule is NCCNC(=O)Cc1ccco1. The molecular formula is C8H12N2O2. The molecule has 0 aromatic carbocycles. The quantitative estimate of drug-likeness (QED) is 0.659. The van der Waals surface area contributed by atoms with E-state index in [1.54, 1.807) is 18.4 Å². The van der Waals surface area contributed by atoms with Gasteiger partial charge < -0.3 is 15.5 Å². The molecule has 1 aromatic rings. The molecule has 1 aromatic heterocycles. The maximum absolute atomic E-state index is 11.0. The lowest BCUT2D eigenvalue weighted by Gasteiger charge is -2.00. The third-order valence-corrected chi connectivity index (χ3v) is 1.38. The van der Waals surface area contributed by atoms with Gasteiger partial charge in [-0.15, -0.1) is 0 Å². The summed E-state index contributed by atoms with van der Waals surface area (Å²) in [4.78, 5) is 11.0. The predicted octanol–water partition coefficient (Wildman–Crippen LogP) is -0.103. The zero-order chi connectivity index (χ0) is 8.81. The minimum Gasteiger partial charge on any atom is -0.469 e. The molecule has 1 rings (SSSR count). The second-order valence-corrected chi connectivity index (χ2v) is 2.39. The van der Waals surface area contributed by atoms with Gasteiger partial charge in [0, 0.05) is 13.1 Å². The van der Waals surface area contributed by atoms with Gasteiger partial charge in [-0.1, -0.05) is 0 Å². The summed E-state index contributed by atoms with van der Waals surface area (Å²) in [5, 5.41) is 2.65. The van der Waals surface area contributed by atoms with Crippen LogP contribution in [0.5, 0.6) is 0 Å². The molecule has 0 spiro atoms. The van der Waals surface area contributed by atoms with Crippen molar-refractivity contribution in [3.8, 4) is 0 Å². The molecule has 0 aliphatic heterocycles. The molecule has 0 radical (unpaired) electrons. The van der Waals surface area contributed by atoms with Crippen molar-refractivity contribution < 1.29 is 9.21 Å². The Hall–Kier alpha value is -1.29. The molecule has 0 aliphatic rings. The Morgan fingerprint density at radius 3 is 3.08 bits per heavy atom. The van der Waals surface area contributed by atoms with E-state index in [-0.39, 0.29) is 12.3 Å². The molecule has 0 saturated heterocycles. The van der Waals surface area contributed by atoms with Gasteiger partial charge in [-0.3, -0.25) is 4.79 Å². The number of rotatable bonds is 4. The van der Waals surface area contributed by atoms with E-state index in [9.17, 15) is 4.79 Å². The van der Waals surface area contributed by atoms with Crippen molar-refractivity contribution in [2.45, 2.75) is 6.42 Å². The van der Waals surface area contributed by atoms with Crippen molar-refractivity contribution in [1.82, 2.24) is 5.32 Å². The number of carbonyl (C=O) groups excluding carboxylic acids is 1. The zero-order valence-electron chi connectivity index (χ0n) is 6.75. The van der Waals surface area contributed by atoms with Crippen LogP contribution in [0.3, 0.4) is 0 Å². The first kappa shape index (κ1) is 8.80. The monoisotopic (exact) mass is 168 g/mol. The number of hydrogen-bond acceptors (Lipinski definition) is 3. The smallest absolute Gasteiger partial charge is 0.227 e. The number of furan rings is 1. The van der Waals surface area contributed by atoms with E-state index in [0.717, 1.165) is 0 Å². The third kappa shape index (κ3) is 2.75. The lowest BCUT2D eigenvalue weighted by Crippen LogP contribution is -2.30. The van der Waals surface area contributed by atoms with Gasteiger partial charge in [0.05, 0.1) is 12.7 Å². The number of carbonyl (C=O) groups is 1. The number of amides is 1. The molecule has 0 bridgehead atoms. The summed E-state index contributed by atoms with van der Waals surface area (Å²) in [6.07, 6.45) is 1.83. The van der Waals surface area contributed by atoms with E-state index in [1.165, 1.54) is 0 Å². The molecule has 0 saturated carbocycles. The van der Waals surface area contributed by atoms with Crippen molar-refractivity contribution in [1.29, 1.82) is 0 Å². The van der Waals surface area contributed by atoms with Gasteiger partial charge in [0.2, 0.25) is 5.91 Å². The molecule has 1 amide bonds. The van der Waals surface area contributed by atoms with E-state index < -0.39 is 0 Å². The van der Waals surface area contributed by atoms with Gasteiger partial charge in [0.1, 0.15) is 5.76 Å². The molecule has 1 heterocycles. The minimum absolute atomic E-state index is 0.0598. The van der Waals surface area contributed by atoms with Crippen LogP contribution in [0.2, 0.25) is 0 Å². The Labute approximate surface area is 70.7 Å². The Morgan fingerprint density at radius 1 is 1.67 bits per heavy atom. The minimum atomic E-state index is -0.0598. The fourth-order valence-corrected chi connectivity index (χ4v) is 0.845. The van der Waals surface area contributed by atoms with E-state index in [4.69, 9.17) is 10.2 Å². The van der Waals surface area contributed by atoms with Crippen molar-refractivity contribution in [2.75, 3.05) is 13.1 Å². The predicted molar refractivity (Wildman–Crippen MR) is 44.5 cm³/mol. The molecule has 66 valence electrons. The Bertz CT molecular complexity index is 231. The zero-order valence-corrected chi connectivity index (χ0v) is 6.75. The van der Waals surface area contributed by atoms with E-state index in [2.05, 4.69) is 5.32 Å². The Morgan fingerprint density at radius 2 is 2.50 bits per heavy atom. The summed E-state index contributed by atoms with van der Waals surface area (Å²) in [6, 6.07) is 3.52. The van der Waals surface area contributed by atoms with Gasteiger partial charge in [-0.25, -0.2) is 0 Å². The standard InChI is InChI=1S/C8H12N2O2/c9-3-4-10-8(11)6-7-2-1-5-12-7/h1-2,5H,3-4,6,9H2,(H,10,11). The first-order valence-corrected chi connectivity index (χ1v) is 3.82. The highest BCUT2D eigenvalue weighted by Crippen LogP contribution is 1.99. The Kier molecular flexibility index (Phi) is 3.35. The average molecular weight is 168 g/mol. The average Bonchev–Trinajstić information content (AvgIpc) is 2.53. The second-order valence-electron chi connectivity index (χ2n) is 2.39. The summed E-state index contributed by atoms with van der Waals surface area (Å²) >= 11 is 0. The number of hydrogen-bond donors (Lipinski definition) is 2. The molecule has 0 aliphatic carbocycles. The van der Waals surface area contributed by atoms with E-state index >= 15 is 0 Å². The van der Waals surface area contributed by atoms with E-state index in [0.29, 0.717) is 18.8 Å². The summed E-state index contributed by atoms with van der Waals surface area (Å²) < 4.78 is 4.99. The lowest BCUT2D eigenvalue weighted by molar-refractivity contribution is -0.120. The van der Waals surface area contributed by atoms with Crippen molar-refractivity contribution in [2.24, 2.45) is 5.73 Å². The van der Waals surface area contributed by atoms with Gasteiger partial charge in [-0.2, -0.15) is 0 Å². The molecule has 4 heteroatoms. The summed E-state index contributed by atoms with van der Waals surface area (Å²) in [5.41, 5.74) is 5.21. The van der Waals surface area contributed by atoms with Crippen LogP contribution >= 0.6 is 0 Å². The third-order valence-electron chi connectivity index (χ3n) is 1.38. The summed E-state index contributed by atoms with van der Waals surface area (Å²) in [6.45, 7) is 0.976. The molecule has 3 N–H and O–H groups in total. The molecular weight excluding hydrogens is 156 g/mol. The van der Waals surface area contributed by atoms with Gasteiger partial charge in [0.25, 0.3) is 0 Å². The maximum atomic E-state index is 11.0. The first-order valence-electron chi connectivity index (χ1n) is 3.82. The number of nitrogens with one attached hydrogen (secondary N) is 1. The van der Waals surface area contributed by atoms with E-state index in [1.807, 2.05) is 0 Å². The van der Waals surface area contributed by atoms with Crippen LogP contribution in [0.1, 0.15) is 5.76 Å². The highest BCUT2D eigenvalue weighted by atomic mass is 16.3. The highest BCUT2D eigenvalue weighted by molar-refractivity contribution is 5.77. The van der Waals surface area contributed by atoms with Gasteiger partial charge in [-0.05, 0) is 12.1 Å². The molecule has 4 nitrogen and oxygen atoms in total. The van der Waals surface area contributed by atoms with Crippen LogP contribution in [-0.2, 0) is 11.2 Å². The fraction of sp³-hybridized carbons (Fsp3) is 0.375. The largest absolute Gasteiger partial charge is 0.469 e. The molecule has 0 fully saturated rings. The van der Waals surface area contributed by atoms with Crippen LogP contribution < -0.4 is 11.1 Å². The summed E-state index contributed by atoms with van der Waals surface area (Å²) in [7, 11) is 0. The fourth-order valence-electron chi connectivity index (χ4n) is 0.845. The van der Waals surface area contributed by atoms with Crippen molar-refractivity contribution in [3.63, 3.8) is 0 Å². The van der Waals surface area contributed by atoms with Gasteiger partial charge in [0.15, 0.2) is 0 Å². The normalized spacial score (nSPS) is 9.75. The van der Waals surface area contributed by atoms with Crippen molar-refractivity contribution >= 4 is 5.91 Å². The van der Waals surface area contributed by atoms with Crippen LogP contribution in [0.25, 0.3) is 0 Å². The topological polar surface area (TPSA) is 68.3 Å². The molecule has 12 heavy (non-hydrogen) atoms. The van der Waals surface area contributed by atoms with Crippen molar-refractivity contribution in [3.05, 3.63) is 24.2 Å². The number of nitrogens with two attached hydrogens (primary N) is 1. The first-order chi connectivity index (χ1) is 5.83. The second kappa shape index (κ2) is 4.56. The molecule has 0 atom stereocenters. The van der Waals surface area contributed by atoms with Crippen LogP contribution in [-0.4, -0.2) is 19.0 Å². The highest BCUT2D eigenvalue weighted by Gasteiger charge is 2.03. The molecule has 0 unspecified atom stereocenters.